The van der Waals surface area contributed by atoms with Crippen molar-refractivity contribution in [3.8, 4) is 17.0 Å². The fourth-order valence-electron chi connectivity index (χ4n) is 5.00. The van der Waals surface area contributed by atoms with E-state index in [0.29, 0.717) is 51.7 Å². The van der Waals surface area contributed by atoms with E-state index in [1.807, 2.05) is 13.0 Å². The number of piperazine rings is 1. The summed E-state index contributed by atoms with van der Waals surface area (Å²) in [4.78, 5) is 30.4. The number of halogens is 1. The second-order valence-electron chi connectivity index (χ2n) is 10.3. The highest BCUT2D eigenvalue weighted by Gasteiger charge is 2.16. The van der Waals surface area contributed by atoms with Crippen molar-refractivity contribution in [2.45, 2.75) is 20.3 Å². The number of fused-ring (bicyclic) bond motifs is 1. The van der Waals surface area contributed by atoms with E-state index in [1.165, 1.54) is 18.5 Å². The minimum Gasteiger partial charge on any atom is -0.491 e. The number of hydrogen-bond acceptors (Lipinski definition) is 8. The molecule has 42 heavy (non-hydrogen) atoms. The van der Waals surface area contributed by atoms with Gasteiger partial charge < -0.3 is 25.2 Å². The van der Waals surface area contributed by atoms with Gasteiger partial charge >= 0.3 is 0 Å². The molecule has 2 aromatic heterocycles. The van der Waals surface area contributed by atoms with E-state index < -0.39 is 0 Å². The van der Waals surface area contributed by atoms with E-state index in [-0.39, 0.29) is 11.7 Å². The normalized spacial score (nSPS) is 14.1. The third-order valence-electron chi connectivity index (χ3n) is 7.39. The van der Waals surface area contributed by atoms with Gasteiger partial charge in [-0.05, 0) is 61.9 Å². The molecule has 3 heterocycles. The van der Waals surface area contributed by atoms with Gasteiger partial charge in [0.25, 0.3) is 0 Å². The summed E-state index contributed by atoms with van der Waals surface area (Å²) < 4.78 is 20.8. The maximum absolute atomic E-state index is 14.6. The molecule has 1 aliphatic rings. The van der Waals surface area contributed by atoms with Gasteiger partial charge in [0, 0.05) is 61.6 Å². The lowest BCUT2D eigenvalue weighted by Crippen LogP contribution is -2.46. The van der Waals surface area contributed by atoms with Crippen LogP contribution in [0.2, 0.25) is 0 Å². The zero-order valence-corrected chi connectivity index (χ0v) is 24.1. The van der Waals surface area contributed by atoms with Crippen molar-refractivity contribution >= 4 is 34.0 Å². The van der Waals surface area contributed by atoms with Gasteiger partial charge in [0.1, 0.15) is 23.7 Å². The van der Waals surface area contributed by atoms with Crippen LogP contribution in [0.5, 0.6) is 5.75 Å². The SMILES string of the molecule is C=CC(=O)Nc1cc2c(Nc3ccnc(-c4ccc(C)cc4F)c3)ncnc2cc1OCCCN1CCN(CC)CC1. The quantitative estimate of drug-likeness (QED) is 0.183. The molecule has 1 fully saturated rings. The summed E-state index contributed by atoms with van der Waals surface area (Å²) in [6, 6.07) is 12.2. The maximum atomic E-state index is 14.6. The molecule has 4 aromatic rings. The topological polar surface area (TPSA) is 95.5 Å². The van der Waals surface area contributed by atoms with E-state index in [4.69, 9.17) is 4.74 Å². The highest BCUT2D eigenvalue weighted by molar-refractivity contribution is 6.03. The van der Waals surface area contributed by atoms with Crippen LogP contribution in [0.4, 0.5) is 21.6 Å². The Bertz CT molecular complexity index is 1570. The summed E-state index contributed by atoms with van der Waals surface area (Å²) in [5, 5.41) is 6.83. The fraction of sp³-hybridized carbons (Fsp3) is 0.312. The van der Waals surface area contributed by atoms with Crippen LogP contribution in [0, 0.1) is 12.7 Å². The number of pyridine rings is 1. The first-order valence-electron chi connectivity index (χ1n) is 14.2. The Hall–Kier alpha value is -4.41. The Morgan fingerprint density at radius 1 is 1.07 bits per heavy atom. The second kappa shape index (κ2) is 13.5. The van der Waals surface area contributed by atoms with Crippen LogP contribution in [-0.4, -0.2) is 76.5 Å². The Morgan fingerprint density at radius 2 is 1.88 bits per heavy atom. The van der Waals surface area contributed by atoms with Crippen LogP contribution in [0.3, 0.4) is 0 Å². The molecule has 10 heteroatoms. The van der Waals surface area contributed by atoms with Crippen LogP contribution in [-0.2, 0) is 4.79 Å². The van der Waals surface area contributed by atoms with Crippen LogP contribution < -0.4 is 15.4 Å². The summed E-state index contributed by atoms with van der Waals surface area (Å²) in [6.45, 7) is 14.5. The van der Waals surface area contributed by atoms with Crippen molar-refractivity contribution < 1.29 is 13.9 Å². The molecule has 0 radical (unpaired) electrons. The number of rotatable bonds is 11. The minimum atomic E-state index is -0.349. The molecule has 1 aliphatic heterocycles. The van der Waals surface area contributed by atoms with E-state index in [9.17, 15) is 9.18 Å². The van der Waals surface area contributed by atoms with Crippen molar-refractivity contribution in [3.63, 3.8) is 0 Å². The van der Waals surface area contributed by atoms with Crippen molar-refractivity contribution in [1.82, 2.24) is 24.8 Å². The predicted octanol–water partition coefficient (Wildman–Crippen LogP) is 5.41. The molecule has 0 bridgehead atoms. The minimum absolute atomic E-state index is 0.332. The first-order valence-corrected chi connectivity index (χ1v) is 14.2. The summed E-state index contributed by atoms with van der Waals surface area (Å²) in [7, 11) is 0. The highest BCUT2D eigenvalue weighted by atomic mass is 19.1. The maximum Gasteiger partial charge on any atom is 0.247 e. The average Bonchev–Trinajstić information content (AvgIpc) is 3.00. The molecule has 1 saturated heterocycles. The molecular weight excluding hydrogens is 533 g/mol. The summed E-state index contributed by atoms with van der Waals surface area (Å²) in [6.07, 6.45) is 5.16. The summed E-state index contributed by atoms with van der Waals surface area (Å²) in [5.41, 5.74) is 3.57. The van der Waals surface area contributed by atoms with Crippen molar-refractivity contribution in [2.24, 2.45) is 0 Å². The van der Waals surface area contributed by atoms with E-state index in [2.05, 4.69) is 48.9 Å². The molecule has 5 rings (SSSR count). The van der Waals surface area contributed by atoms with Gasteiger partial charge in [-0.3, -0.25) is 9.78 Å². The first-order chi connectivity index (χ1) is 20.4. The number of carbonyl (C=O) groups is 1. The smallest absolute Gasteiger partial charge is 0.247 e. The molecule has 2 aromatic carbocycles. The number of benzene rings is 2. The standard InChI is InChI=1S/C32H36FN7O2/c1-4-31(41)38-29-19-25-28(20-30(29)42-16-6-11-40-14-12-39(5-2)13-15-40)35-21-36-32(25)37-23-9-10-34-27(18-23)24-8-7-22(3)17-26(24)33/h4,7-10,17-21H,1,5-6,11-16H2,2-3H3,(H,38,41)(H,34,35,36,37). The largest absolute Gasteiger partial charge is 0.491 e. The van der Waals surface area contributed by atoms with E-state index in [0.717, 1.165) is 51.3 Å². The molecule has 0 unspecified atom stereocenters. The molecule has 2 N–H and O–H groups in total. The van der Waals surface area contributed by atoms with Crippen LogP contribution in [0.15, 0.2) is 67.6 Å². The van der Waals surface area contributed by atoms with Crippen molar-refractivity contribution in [1.29, 1.82) is 0 Å². The number of aryl methyl sites for hydroxylation is 1. The van der Waals surface area contributed by atoms with Gasteiger partial charge in [-0.25, -0.2) is 14.4 Å². The van der Waals surface area contributed by atoms with Crippen LogP contribution in [0.1, 0.15) is 18.9 Å². The number of likely N-dealkylation sites (N-methyl/N-ethyl adjacent to an activating group) is 1. The molecule has 0 saturated carbocycles. The van der Waals surface area contributed by atoms with E-state index >= 15 is 0 Å². The van der Waals surface area contributed by atoms with Crippen molar-refractivity contribution in [2.75, 3.05) is 56.5 Å². The van der Waals surface area contributed by atoms with Gasteiger partial charge in [0.15, 0.2) is 0 Å². The van der Waals surface area contributed by atoms with Gasteiger partial charge in [-0.1, -0.05) is 19.6 Å². The number of anilines is 3. The Kier molecular flexibility index (Phi) is 9.35. The third kappa shape index (κ3) is 7.07. The molecule has 0 atom stereocenters. The van der Waals surface area contributed by atoms with Crippen LogP contribution >= 0.6 is 0 Å². The van der Waals surface area contributed by atoms with Crippen molar-refractivity contribution in [3.05, 3.63) is 79.0 Å². The number of amides is 1. The predicted molar refractivity (Wildman–Crippen MR) is 165 cm³/mol. The lowest BCUT2D eigenvalue weighted by molar-refractivity contribution is -0.111. The molecule has 0 spiro atoms. The van der Waals surface area contributed by atoms with E-state index in [1.54, 1.807) is 36.5 Å². The average molecular weight is 570 g/mol. The number of aromatic nitrogens is 3. The Labute approximate surface area is 245 Å². The van der Waals surface area contributed by atoms with Crippen LogP contribution in [0.25, 0.3) is 22.2 Å². The summed E-state index contributed by atoms with van der Waals surface area (Å²) >= 11 is 0. The molecule has 9 nitrogen and oxygen atoms in total. The molecule has 218 valence electrons. The lowest BCUT2D eigenvalue weighted by Gasteiger charge is -2.33. The highest BCUT2D eigenvalue weighted by Crippen LogP contribution is 2.34. The summed E-state index contributed by atoms with van der Waals surface area (Å²) in [5.74, 6) is 0.368. The van der Waals surface area contributed by atoms with Gasteiger partial charge in [0.2, 0.25) is 5.91 Å². The lowest BCUT2D eigenvalue weighted by atomic mass is 10.1. The van der Waals surface area contributed by atoms with Gasteiger partial charge in [-0.2, -0.15) is 0 Å². The number of ether oxygens (including phenoxy) is 1. The third-order valence-corrected chi connectivity index (χ3v) is 7.39. The monoisotopic (exact) mass is 569 g/mol. The second-order valence-corrected chi connectivity index (χ2v) is 10.3. The van der Waals surface area contributed by atoms with Gasteiger partial charge in [0.05, 0.1) is 23.5 Å². The molecule has 0 aliphatic carbocycles. The molecular formula is C32H36FN7O2. The Morgan fingerprint density at radius 3 is 2.64 bits per heavy atom. The number of nitrogens with zero attached hydrogens (tertiary/aromatic N) is 5. The number of hydrogen-bond donors (Lipinski definition) is 2. The number of nitrogens with one attached hydrogen (secondary N) is 2. The fourth-order valence-corrected chi connectivity index (χ4v) is 5.00. The zero-order valence-electron chi connectivity index (χ0n) is 24.1. The zero-order chi connectivity index (χ0) is 29.5. The number of carbonyl (C=O) groups excluding carboxylic acids is 1. The first kappa shape index (κ1) is 29.1. The Balaban J connectivity index is 1.35. The van der Waals surface area contributed by atoms with Gasteiger partial charge in [-0.15, -0.1) is 0 Å². The molecule has 1 amide bonds.